The molecule has 0 aromatic rings. The zero-order valence-electron chi connectivity index (χ0n) is 12.3. The number of hydrogen-bond donors (Lipinski definition) is 1. The summed E-state index contributed by atoms with van der Waals surface area (Å²) in [6.45, 7) is 12.3. The van der Waals surface area contributed by atoms with Crippen LogP contribution in [-0.4, -0.2) is 50.8 Å². The van der Waals surface area contributed by atoms with Gasteiger partial charge < -0.3 is 10.1 Å². The lowest BCUT2D eigenvalue weighted by Gasteiger charge is -2.26. The van der Waals surface area contributed by atoms with Crippen LogP contribution in [0.25, 0.3) is 0 Å². The molecular formula is C14H32N2O. The topological polar surface area (TPSA) is 24.5 Å². The van der Waals surface area contributed by atoms with Crippen LogP contribution in [0.4, 0.5) is 0 Å². The third kappa shape index (κ3) is 10.7. The summed E-state index contributed by atoms with van der Waals surface area (Å²) in [5, 5.41) is 3.47. The predicted octanol–water partition coefficient (Wildman–Crippen LogP) is 2.51. The van der Waals surface area contributed by atoms with Gasteiger partial charge in [-0.2, -0.15) is 0 Å². The van der Waals surface area contributed by atoms with Gasteiger partial charge in [-0.15, -0.1) is 0 Å². The van der Waals surface area contributed by atoms with Gasteiger partial charge in [-0.3, -0.25) is 4.90 Å². The Morgan fingerprint density at radius 1 is 1.06 bits per heavy atom. The van der Waals surface area contributed by atoms with Gasteiger partial charge in [0.25, 0.3) is 0 Å². The summed E-state index contributed by atoms with van der Waals surface area (Å²) in [4.78, 5) is 2.57. The fourth-order valence-electron chi connectivity index (χ4n) is 1.88. The first-order valence-corrected chi connectivity index (χ1v) is 7.16. The molecule has 1 N–H and O–H groups in total. The van der Waals surface area contributed by atoms with Gasteiger partial charge in [-0.1, -0.05) is 19.8 Å². The van der Waals surface area contributed by atoms with Gasteiger partial charge in [0.15, 0.2) is 0 Å². The van der Waals surface area contributed by atoms with Crippen LogP contribution in [0.3, 0.4) is 0 Å². The van der Waals surface area contributed by atoms with E-state index in [2.05, 4.69) is 31.0 Å². The number of methoxy groups -OCH3 is 1. The third-order valence-corrected chi connectivity index (χ3v) is 3.06. The lowest BCUT2D eigenvalue weighted by Crippen LogP contribution is -2.37. The second-order valence-electron chi connectivity index (χ2n) is 4.93. The Morgan fingerprint density at radius 2 is 1.82 bits per heavy atom. The molecule has 0 unspecified atom stereocenters. The number of unbranched alkanes of at least 4 members (excludes halogenated alkanes) is 2. The lowest BCUT2D eigenvalue weighted by molar-refractivity contribution is 0.191. The Balaban J connectivity index is 3.49. The molecule has 17 heavy (non-hydrogen) atoms. The largest absolute Gasteiger partial charge is 0.385 e. The highest BCUT2D eigenvalue weighted by molar-refractivity contribution is 4.64. The van der Waals surface area contributed by atoms with Crippen molar-refractivity contribution in [2.75, 3.05) is 39.9 Å². The fraction of sp³-hybridized carbons (Fsp3) is 1.00. The van der Waals surface area contributed by atoms with Crippen molar-refractivity contribution < 1.29 is 4.74 Å². The van der Waals surface area contributed by atoms with Gasteiger partial charge in [-0.25, -0.2) is 0 Å². The van der Waals surface area contributed by atoms with Gasteiger partial charge in [0.05, 0.1) is 0 Å². The molecule has 0 saturated heterocycles. The smallest absolute Gasteiger partial charge is 0.0474 e. The first kappa shape index (κ1) is 16.9. The molecule has 0 radical (unpaired) electrons. The maximum absolute atomic E-state index is 5.02. The van der Waals surface area contributed by atoms with Crippen molar-refractivity contribution >= 4 is 0 Å². The van der Waals surface area contributed by atoms with E-state index in [9.17, 15) is 0 Å². The van der Waals surface area contributed by atoms with E-state index in [0.29, 0.717) is 6.04 Å². The molecular weight excluding hydrogens is 212 g/mol. The molecule has 0 aliphatic rings. The van der Waals surface area contributed by atoms with Crippen LogP contribution in [0.15, 0.2) is 0 Å². The number of hydrogen-bond acceptors (Lipinski definition) is 3. The van der Waals surface area contributed by atoms with Crippen molar-refractivity contribution in [3.05, 3.63) is 0 Å². The second kappa shape index (κ2) is 12.3. The van der Waals surface area contributed by atoms with Crippen molar-refractivity contribution in [1.82, 2.24) is 10.2 Å². The van der Waals surface area contributed by atoms with E-state index < -0.39 is 0 Å². The first-order chi connectivity index (χ1) is 8.22. The van der Waals surface area contributed by atoms with Crippen molar-refractivity contribution in [1.29, 1.82) is 0 Å². The number of ether oxygens (including phenoxy) is 1. The molecule has 0 bridgehead atoms. The van der Waals surface area contributed by atoms with E-state index in [-0.39, 0.29) is 0 Å². The molecule has 0 aromatic heterocycles. The van der Waals surface area contributed by atoms with Crippen molar-refractivity contribution in [3.8, 4) is 0 Å². The van der Waals surface area contributed by atoms with E-state index in [1.807, 2.05) is 0 Å². The monoisotopic (exact) mass is 244 g/mol. The Kier molecular flexibility index (Phi) is 12.3. The van der Waals surface area contributed by atoms with Gasteiger partial charge in [0, 0.05) is 32.8 Å². The summed E-state index contributed by atoms with van der Waals surface area (Å²) in [6.07, 6.45) is 5.10. The fourth-order valence-corrected chi connectivity index (χ4v) is 1.88. The molecule has 0 atom stereocenters. The molecule has 0 heterocycles. The highest BCUT2D eigenvalue weighted by Crippen LogP contribution is 2.02. The molecule has 0 amide bonds. The SMILES string of the molecule is CCCCCN(CCNCCCOC)C(C)C. The molecule has 0 rings (SSSR count). The first-order valence-electron chi connectivity index (χ1n) is 7.16. The van der Waals surface area contributed by atoms with E-state index in [1.54, 1.807) is 7.11 Å². The molecule has 0 saturated carbocycles. The highest BCUT2D eigenvalue weighted by Gasteiger charge is 2.07. The maximum atomic E-state index is 5.02. The maximum Gasteiger partial charge on any atom is 0.0474 e. The van der Waals surface area contributed by atoms with Crippen LogP contribution >= 0.6 is 0 Å². The molecule has 0 aromatic carbocycles. The van der Waals surface area contributed by atoms with Crippen LogP contribution < -0.4 is 5.32 Å². The summed E-state index contributed by atoms with van der Waals surface area (Å²) in [6, 6.07) is 0.660. The second-order valence-corrected chi connectivity index (χ2v) is 4.93. The normalized spacial score (nSPS) is 11.6. The summed E-state index contributed by atoms with van der Waals surface area (Å²) >= 11 is 0. The van der Waals surface area contributed by atoms with E-state index in [1.165, 1.54) is 25.8 Å². The average Bonchev–Trinajstić information content (AvgIpc) is 2.31. The molecule has 104 valence electrons. The number of nitrogens with one attached hydrogen (secondary N) is 1. The standard InChI is InChI=1S/C14H32N2O/c1-5-6-7-11-16(14(2)3)12-10-15-9-8-13-17-4/h14-15H,5-13H2,1-4H3. The Labute approximate surface area is 108 Å². The summed E-state index contributed by atoms with van der Waals surface area (Å²) in [5.41, 5.74) is 0. The van der Waals surface area contributed by atoms with E-state index >= 15 is 0 Å². The zero-order valence-corrected chi connectivity index (χ0v) is 12.3. The molecule has 0 aliphatic heterocycles. The van der Waals surface area contributed by atoms with Crippen LogP contribution in [0, 0.1) is 0 Å². The average molecular weight is 244 g/mol. The van der Waals surface area contributed by atoms with Crippen molar-refractivity contribution in [2.24, 2.45) is 0 Å². The van der Waals surface area contributed by atoms with E-state index in [0.717, 1.165) is 32.7 Å². The minimum absolute atomic E-state index is 0.660. The minimum atomic E-state index is 0.660. The van der Waals surface area contributed by atoms with Gasteiger partial charge >= 0.3 is 0 Å². The Hall–Kier alpha value is -0.120. The quantitative estimate of drug-likeness (QED) is 0.534. The summed E-state index contributed by atoms with van der Waals surface area (Å²) in [5.74, 6) is 0. The Bertz CT molecular complexity index is 151. The van der Waals surface area contributed by atoms with E-state index in [4.69, 9.17) is 4.74 Å². The van der Waals surface area contributed by atoms with Crippen molar-refractivity contribution in [3.63, 3.8) is 0 Å². The third-order valence-electron chi connectivity index (χ3n) is 3.06. The molecule has 3 nitrogen and oxygen atoms in total. The summed E-state index contributed by atoms with van der Waals surface area (Å²) < 4.78 is 5.02. The predicted molar refractivity (Wildman–Crippen MR) is 75.6 cm³/mol. The van der Waals surface area contributed by atoms with Crippen LogP contribution in [0.2, 0.25) is 0 Å². The molecule has 0 fully saturated rings. The molecule has 3 heteroatoms. The Morgan fingerprint density at radius 3 is 2.41 bits per heavy atom. The zero-order chi connectivity index (χ0) is 12.9. The highest BCUT2D eigenvalue weighted by atomic mass is 16.5. The number of rotatable bonds is 12. The molecule has 0 spiro atoms. The van der Waals surface area contributed by atoms with Gasteiger partial charge in [0.2, 0.25) is 0 Å². The van der Waals surface area contributed by atoms with Crippen LogP contribution in [-0.2, 0) is 4.74 Å². The van der Waals surface area contributed by atoms with Gasteiger partial charge in [-0.05, 0) is 39.8 Å². The number of nitrogens with zero attached hydrogens (tertiary/aromatic N) is 1. The van der Waals surface area contributed by atoms with Crippen LogP contribution in [0.5, 0.6) is 0 Å². The van der Waals surface area contributed by atoms with Crippen molar-refractivity contribution in [2.45, 2.75) is 52.5 Å². The van der Waals surface area contributed by atoms with Gasteiger partial charge in [0.1, 0.15) is 0 Å². The summed E-state index contributed by atoms with van der Waals surface area (Å²) in [7, 11) is 1.76. The lowest BCUT2D eigenvalue weighted by atomic mass is 10.2. The van der Waals surface area contributed by atoms with Crippen LogP contribution in [0.1, 0.15) is 46.5 Å². The minimum Gasteiger partial charge on any atom is -0.385 e. The molecule has 0 aliphatic carbocycles.